The fourth-order valence-electron chi connectivity index (χ4n) is 1.42. The number of hydrogen-bond donors (Lipinski definition) is 3. The maximum absolute atomic E-state index is 11.8. The molecule has 0 fully saturated rings. The number of nitrogen functional groups attached to an aromatic ring is 1. The molecule has 0 saturated heterocycles. The average Bonchev–Trinajstić information content (AvgIpc) is 2.35. The number of nitrogens with two attached hydrogens (primary N) is 1. The molecule has 2 rings (SSSR count). The summed E-state index contributed by atoms with van der Waals surface area (Å²) < 4.78 is 1.04. The first-order valence-electron chi connectivity index (χ1n) is 5.58. The highest BCUT2D eigenvalue weighted by molar-refractivity contribution is 14.1. The topological polar surface area (TPSA) is 101 Å². The van der Waals surface area contributed by atoms with E-state index < -0.39 is 0 Å². The van der Waals surface area contributed by atoms with Crippen LogP contribution in [0.5, 0.6) is 0 Å². The highest BCUT2D eigenvalue weighted by atomic mass is 127. The number of thioether (sulfide) groups is 1. The molecule has 0 aliphatic carbocycles. The zero-order valence-electron chi connectivity index (χ0n) is 10.2. The highest BCUT2D eigenvalue weighted by Gasteiger charge is 2.06. The van der Waals surface area contributed by atoms with Crippen LogP contribution in [0.4, 0.5) is 11.5 Å². The molecule has 0 saturated carbocycles. The fourth-order valence-corrected chi connectivity index (χ4v) is 2.64. The minimum Gasteiger partial charge on any atom is -0.383 e. The molecule has 0 aliphatic rings. The number of benzene rings is 1. The largest absolute Gasteiger partial charge is 0.383 e. The van der Waals surface area contributed by atoms with Crippen LogP contribution < -0.4 is 16.6 Å². The Labute approximate surface area is 132 Å². The lowest BCUT2D eigenvalue weighted by Gasteiger charge is -2.05. The standard InChI is InChI=1S/C12H11IN4O2S/c13-7-2-1-3-8(4-7)15-11(19)6-20-12-16-9(14)5-10(18)17-12/h1-5H,6H2,(H,15,19)(H3,14,16,17,18). The minimum absolute atomic E-state index is 0.134. The molecule has 6 nitrogen and oxygen atoms in total. The molecule has 0 aliphatic heterocycles. The van der Waals surface area contributed by atoms with Crippen LogP contribution in [-0.4, -0.2) is 21.6 Å². The Bertz CT molecular complexity index is 689. The molecule has 0 unspecified atom stereocenters. The smallest absolute Gasteiger partial charge is 0.253 e. The van der Waals surface area contributed by atoms with Crippen LogP contribution in [-0.2, 0) is 4.79 Å². The van der Waals surface area contributed by atoms with Gasteiger partial charge in [0.1, 0.15) is 5.82 Å². The first-order valence-corrected chi connectivity index (χ1v) is 7.64. The normalized spacial score (nSPS) is 10.2. The van der Waals surface area contributed by atoms with Gasteiger partial charge in [0.15, 0.2) is 5.16 Å². The number of carbonyl (C=O) groups is 1. The van der Waals surface area contributed by atoms with Gasteiger partial charge in [-0.25, -0.2) is 4.98 Å². The van der Waals surface area contributed by atoms with Crippen LogP contribution in [0.15, 0.2) is 40.3 Å². The van der Waals surface area contributed by atoms with Crippen molar-refractivity contribution in [2.24, 2.45) is 0 Å². The second-order valence-corrected chi connectivity index (χ2v) is 6.03. The van der Waals surface area contributed by atoms with Crippen molar-refractivity contribution in [3.63, 3.8) is 0 Å². The van der Waals surface area contributed by atoms with Crippen LogP contribution in [0.2, 0.25) is 0 Å². The van der Waals surface area contributed by atoms with E-state index in [0.29, 0.717) is 5.16 Å². The van der Waals surface area contributed by atoms with Gasteiger partial charge in [0.25, 0.3) is 5.56 Å². The Kier molecular flexibility index (Phi) is 5.01. The van der Waals surface area contributed by atoms with E-state index in [2.05, 4.69) is 37.9 Å². The number of amides is 1. The lowest BCUT2D eigenvalue weighted by atomic mass is 10.3. The predicted octanol–water partition coefficient (Wildman–Crippen LogP) is 1.69. The van der Waals surface area contributed by atoms with E-state index in [4.69, 9.17) is 5.73 Å². The lowest BCUT2D eigenvalue weighted by molar-refractivity contribution is -0.113. The van der Waals surface area contributed by atoms with Gasteiger partial charge in [-0.15, -0.1) is 0 Å². The van der Waals surface area contributed by atoms with Crippen molar-refractivity contribution >= 4 is 51.8 Å². The number of hydrogen-bond acceptors (Lipinski definition) is 5. The molecule has 0 bridgehead atoms. The van der Waals surface area contributed by atoms with Crippen molar-refractivity contribution in [3.8, 4) is 0 Å². The molecular weight excluding hydrogens is 391 g/mol. The van der Waals surface area contributed by atoms with Crippen LogP contribution >= 0.6 is 34.4 Å². The van der Waals surface area contributed by atoms with Crippen molar-refractivity contribution in [2.75, 3.05) is 16.8 Å². The number of halogens is 1. The summed E-state index contributed by atoms with van der Waals surface area (Å²) in [6, 6.07) is 8.67. The van der Waals surface area contributed by atoms with Gasteiger partial charge in [0.05, 0.1) is 5.75 Å². The van der Waals surface area contributed by atoms with Crippen LogP contribution in [0.25, 0.3) is 0 Å². The van der Waals surface area contributed by atoms with Gasteiger partial charge in [0.2, 0.25) is 5.91 Å². The van der Waals surface area contributed by atoms with Gasteiger partial charge in [-0.05, 0) is 40.8 Å². The number of carbonyl (C=O) groups excluding carboxylic acids is 1. The SMILES string of the molecule is Nc1cc(=O)[nH]c(SCC(=O)Nc2cccc(I)c2)n1. The molecule has 20 heavy (non-hydrogen) atoms. The Morgan fingerprint density at radius 3 is 2.95 bits per heavy atom. The third-order valence-corrected chi connectivity index (χ3v) is 3.73. The molecule has 0 radical (unpaired) electrons. The van der Waals surface area contributed by atoms with E-state index in [-0.39, 0.29) is 23.0 Å². The zero-order chi connectivity index (χ0) is 14.5. The third-order valence-electron chi connectivity index (χ3n) is 2.19. The first-order chi connectivity index (χ1) is 9.52. The zero-order valence-corrected chi connectivity index (χ0v) is 13.2. The fraction of sp³-hybridized carbons (Fsp3) is 0.0833. The maximum Gasteiger partial charge on any atom is 0.253 e. The summed E-state index contributed by atoms with van der Waals surface area (Å²) in [7, 11) is 0. The Morgan fingerprint density at radius 2 is 2.25 bits per heavy atom. The molecule has 0 spiro atoms. The molecule has 1 heterocycles. The molecule has 4 N–H and O–H groups in total. The first kappa shape index (κ1) is 14.9. The van der Waals surface area contributed by atoms with Crippen molar-refractivity contribution in [3.05, 3.63) is 44.3 Å². The molecule has 0 atom stereocenters. The molecule has 1 amide bonds. The van der Waals surface area contributed by atoms with Crippen LogP contribution in [0, 0.1) is 3.57 Å². The maximum atomic E-state index is 11.8. The second-order valence-electron chi connectivity index (χ2n) is 3.82. The van der Waals surface area contributed by atoms with E-state index in [1.54, 1.807) is 0 Å². The predicted molar refractivity (Wildman–Crippen MR) is 87.8 cm³/mol. The molecule has 1 aromatic carbocycles. The second kappa shape index (κ2) is 6.75. The van der Waals surface area contributed by atoms with Crippen molar-refractivity contribution < 1.29 is 4.79 Å². The number of rotatable bonds is 4. The van der Waals surface area contributed by atoms with Crippen molar-refractivity contribution in [1.29, 1.82) is 0 Å². The summed E-state index contributed by atoms with van der Waals surface area (Å²) in [6.45, 7) is 0. The number of aromatic nitrogens is 2. The summed E-state index contributed by atoms with van der Waals surface area (Å²) in [6.07, 6.45) is 0. The lowest BCUT2D eigenvalue weighted by Crippen LogP contribution is -2.15. The molecule has 104 valence electrons. The Morgan fingerprint density at radius 1 is 1.45 bits per heavy atom. The van der Waals surface area contributed by atoms with E-state index in [9.17, 15) is 9.59 Å². The number of nitrogens with one attached hydrogen (secondary N) is 2. The van der Waals surface area contributed by atoms with Gasteiger partial charge in [-0.3, -0.25) is 9.59 Å². The number of nitrogens with zero attached hydrogens (tertiary/aromatic N) is 1. The highest BCUT2D eigenvalue weighted by Crippen LogP contribution is 2.15. The number of aromatic amines is 1. The van der Waals surface area contributed by atoms with E-state index >= 15 is 0 Å². The van der Waals surface area contributed by atoms with E-state index in [1.165, 1.54) is 6.07 Å². The summed E-state index contributed by atoms with van der Waals surface area (Å²) >= 11 is 3.29. The summed E-state index contributed by atoms with van der Waals surface area (Å²) in [5, 5.41) is 3.09. The number of anilines is 2. The van der Waals surface area contributed by atoms with Crippen LogP contribution in [0.3, 0.4) is 0 Å². The van der Waals surface area contributed by atoms with E-state index in [0.717, 1.165) is 21.0 Å². The van der Waals surface area contributed by atoms with Gasteiger partial charge in [-0.1, -0.05) is 17.8 Å². The Hall–Kier alpha value is -1.55. The third kappa shape index (κ3) is 4.53. The van der Waals surface area contributed by atoms with Gasteiger partial charge in [-0.2, -0.15) is 0 Å². The molecular formula is C12H11IN4O2S. The molecule has 2 aromatic rings. The molecule has 8 heteroatoms. The van der Waals surface area contributed by atoms with Gasteiger partial charge < -0.3 is 16.0 Å². The van der Waals surface area contributed by atoms with Crippen LogP contribution in [0.1, 0.15) is 0 Å². The summed E-state index contributed by atoms with van der Waals surface area (Å²) in [4.78, 5) is 29.4. The minimum atomic E-state index is -0.335. The Balaban J connectivity index is 1.93. The van der Waals surface area contributed by atoms with E-state index in [1.807, 2.05) is 24.3 Å². The van der Waals surface area contributed by atoms with Gasteiger partial charge in [0, 0.05) is 15.3 Å². The summed E-state index contributed by atoms with van der Waals surface area (Å²) in [5.41, 5.74) is 5.86. The van der Waals surface area contributed by atoms with Crippen molar-refractivity contribution in [2.45, 2.75) is 5.16 Å². The van der Waals surface area contributed by atoms with Crippen molar-refractivity contribution in [1.82, 2.24) is 9.97 Å². The number of H-pyrrole nitrogens is 1. The quantitative estimate of drug-likeness (QED) is 0.411. The molecule has 1 aromatic heterocycles. The monoisotopic (exact) mass is 402 g/mol. The summed E-state index contributed by atoms with van der Waals surface area (Å²) in [5.74, 6) is 0.0917. The van der Waals surface area contributed by atoms with Gasteiger partial charge >= 0.3 is 0 Å². The average molecular weight is 402 g/mol.